The van der Waals surface area contributed by atoms with Crippen LogP contribution in [0.2, 0.25) is 0 Å². The van der Waals surface area contributed by atoms with Crippen LogP contribution in [0.3, 0.4) is 0 Å². The third-order valence-electron chi connectivity index (χ3n) is 3.83. The van der Waals surface area contributed by atoms with Gasteiger partial charge in [-0.1, -0.05) is 0 Å². The molecule has 3 nitrogen and oxygen atoms in total. The van der Waals surface area contributed by atoms with Crippen molar-refractivity contribution >= 4 is 6.21 Å². The quantitative estimate of drug-likeness (QED) is 0.550. The van der Waals surface area contributed by atoms with E-state index in [1.54, 1.807) is 0 Å². The largest absolute Gasteiger partial charge is 0.316 e. The van der Waals surface area contributed by atoms with Crippen LogP contribution < -0.4 is 10.6 Å². The highest BCUT2D eigenvalue weighted by atomic mass is 15.1. The van der Waals surface area contributed by atoms with E-state index in [0.717, 1.165) is 36.9 Å². The molecule has 3 heterocycles. The predicted molar refractivity (Wildman–Crippen MR) is 53.2 cm³/mol. The molecule has 72 valence electrons. The molecule has 0 amide bonds. The molecule has 4 unspecified atom stereocenters. The number of rotatable bonds is 0. The van der Waals surface area contributed by atoms with Gasteiger partial charge < -0.3 is 10.6 Å². The van der Waals surface area contributed by atoms with E-state index in [4.69, 9.17) is 0 Å². The van der Waals surface area contributed by atoms with Crippen LogP contribution in [0.4, 0.5) is 0 Å². The van der Waals surface area contributed by atoms with Crippen LogP contribution in [0.25, 0.3) is 0 Å². The summed E-state index contributed by atoms with van der Waals surface area (Å²) in [6, 6.07) is 1.50. The van der Waals surface area contributed by atoms with Crippen molar-refractivity contribution in [2.24, 2.45) is 16.8 Å². The lowest BCUT2D eigenvalue weighted by molar-refractivity contribution is 0.287. The van der Waals surface area contributed by atoms with Crippen LogP contribution in [-0.2, 0) is 0 Å². The van der Waals surface area contributed by atoms with Crippen molar-refractivity contribution in [2.45, 2.75) is 24.9 Å². The number of hydrogen-bond donors (Lipinski definition) is 2. The number of nitrogens with one attached hydrogen (secondary N) is 2. The topological polar surface area (TPSA) is 36.4 Å². The average molecular weight is 179 g/mol. The van der Waals surface area contributed by atoms with Crippen LogP contribution in [0.1, 0.15) is 12.8 Å². The third-order valence-corrected chi connectivity index (χ3v) is 3.83. The Morgan fingerprint density at radius 1 is 1.23 bits per heavy atom. The van der Waals surface area contributed by atoms with Gasteiger partial charge in [-0.15, -0.1) is 0 Å². The third kappa shape index (κ3) is 1.22. The molecule has 3 rings (SSSR count). The summed E-state index contributed by atoms with van der Waals surface area (Å²) in [6.45, 7) is 3.45. The van der Waals surface area contributed by atoms with E-state index in [2.05, 4.69) is 21.8 Å². The van der Waals surface area contributed by atoms with Gasteiger partial charge in [0.15, 0.2) is 0 Å². The molecule has 0 spiro atoms. The second-order valence-corrected chi connectivity index (χ2v) is 4.48. The molecule has 0 aromatic carbocycles. The van der Waals surface area contributed by atoms with Crippen molar-refractivity contribution in [3.8, 4) is 0 Å². The second kappa shape index (κ2) is 3.07. The highest BCUT2D eigenvalue weighted by Gasteiger charge is 2.43. The Morgan fingerprint density at radius 2 is 2.23 bits per heavy atom. The van der Waals surface area contributed by atoms with Gasteiger partial charge in [-0.3, -0.25) is 4.99 Å². The highest BCUT2D eigenvalue weighted by molar-refractivity contribution is 5.59. The van der Waals surface area contributed by atoms with Crippen molar-refractivity contribution < 1.29 is 0 Å². The summed E-state index contributed by atoms with van der Waals surface area (Å²) in [5.41, 5.74) is 0. The molecule has 0 aliphatic carbocycles. The monoisotopic (exact) mass is 179 g/mol. The number of aliphatic imine (C=N–C) groups is 1. The normalized spacial score (nSPS) is 48.6. The van der Waals surface area contributed by atoms with Crippen molar-refractivity contribution in [2.75, 3.05) is 19.6 Å². The van der Waals surface area contributed by atoms with E-state index >= 15 is 0 Å². The molecule has 0 radical (unpaired) electrons. The first-order chi connectivity index (χ1) is 6.45. The van der Waals surface area contributed by atoms with E-state index in [0.29, 0.717) is 0 Å². The Morgan fingerprint density at radius 3 is 3.23 bits per heavy atom. The Balaban J connectivity index is 1.80. The number of hydrogen-bond acceptors (Lipinski definition) is 3. The molecule has 3 heteroatoms. The SMILES string of the molecule is C1=NCC2C(C1)NC1CCNCC12. The summed E-state index contributed by atoms with van der Waals surface area (Å²) in [4.78, 5) is 4.42. The molecule has 3 aliphatic heterocycles. The van der Waals surface area contributed by atoms with E-state index in [1.165, 1.54) is 19.5 Å². The zero-order chi connectivity index (χ0) is 8.67. The maximum absolute atomic E-state index is 4.42. The molecule has 0 bridgehead atoms. The molecular weight excluding hydrogens is 162 g/mol. The average Bonchev–Trinajstić information content (AvgIpc) is 2.56. The van der Waals surface area contributed by atoms with Gasteiger partial charge in [0.2, 0.25) is 0 Å². The number of piperidine rings is 1. The maximum atomic E-state index is 4.42. The number of nitrogens with zero attached hydrogens (tertiary/aromatic N) is 1. The molecular formula is C10H17N3. The second-order valence-electron chi connectivity index (χ2n) is 4.48. The van der Waals surface area contributed by atoms with Crippen molar-refractivity contribution in [1.29, 1.82) is 0 Å². The van der Waals surface area contributed by atoms with Gasteiger partial charge in [-0.05, 0) is 37.8 Å². The van der Waals surface area contributed by atoms with Gasteiger partial charge in [0, 0.05) is 24.8 Å². The molecule has 2 fully saturated rings. The smallest absolute Gasteiger partial charge is 0.0432 e. The Bertz CT molecular complexity index is 226. The standard InChI is InChI=1S/C10H17N3/c1-3-11-5-7-8-6-12-4-2-10(8)13-9(1)7/h3,7-10,12-13H,1-2,4-6H2. The first-order valence-electron chi connectivity index (χ1n) is 5.40. The zero-order valence-electron chi connectivity index (χ0n) is 7.87. The van der Waals surface area contributed by atoms with Crippen LogP contribution in [0, 0.1) is 11.8 Å². The molecule has 3 aliphatic rings. The maximum Gasteiger partial charge on any atom is 0.0432 e. The van der Waals surface area contributed by atoms with Gasteiger partial charge in [0.1, 0.15) is 0 Å². The van der Waals surface area contributed by atoms with Crippen LogP contribution in [-0.4, -0.2) is 37.9 Å². The van der Waals surface area contributed by atoms with E-state index in [-0.39, 0.29) is 0 Å². The van der Waals surface area contributed by atoms with Gasteiger partial charge in [-0.25, -0.2) is 0 Å². The van der Waals surface area contributed by atoms with Crippen LogP contribution >= 0.6 is 0 Å². The molecule has 4 atom stereocenters. The van der Waals surface area contributed by atoms with Crippen molar-refractivity contribution in [3.63, 3.8) is 0 Å². The molecule has 2 saturated heterocycles. The van der Waals surface area contributed by atoms with Crippen molar-refractivity contribution in [1.82, 2.24) is 10.6 Å². The minimum atomic E-state index is 0.729. The molecule has 2 N–H and O–H groups in total. The minimum Gasteiger partial charge on any atom is -0.316 e. The zero-order valence-corrected chi connectivity index (χ0v) is 7.87. The first kappa shape index (κ1) is 7.94. The Kier molecular flexibility index (Phi) is 1.87. The molecule has 0 saturated carbocycles. The lowest BCUT2D eigenvalue weighted by Crippen LogP contribution is -2.43. The van der Waals surface area contributed by atoms with E-state index in [9.17, 15) is 0 Å². The molecule has 0 aromatic rings. The van der Waals surface area contributed by atoms with Gasteiger partial charge >= 0.3 is 0 Å². The fraction of sp³-hybridized carbons (Fsp3) is 0.900. The fourth-order valence-corrected chi connectivity index (χ4v) is 3.13. The van der Waals surface area contributed by atoms with Crippen LogP contribution in [0.5, 0.6) is 0 Å². The molecule has 13 heavy (non-hydrogen) atoms. The summed E-state index contributed by atoms with van der Waals surface area (Å²) in [6.07, 6.45) is 4.55. The first-order valence-corrected chi connectivity index (χ1v) is 5.40. The van der Waals surface area contributed by atoms with E-state index < -0.39 is 0 Å². The van der Waals surface area contributed by atoms with Crippen molar-refractivity contribution in [3.05, 3.63) is 0 Å². The Labute approximate surface area is 79.0 Å². The summed E-state index contributed by atoms with van der Waals surface area (Å²) in [5.74, 6) is 1.65. The fourth-order valence-electron chi connectivity index (χ4n) is 3.13. The summed E-state index contributed by atoms with van der Waals surface area (Å²) >= 11 is 0. The summed E-state index contributed by atoms with van der Waals surface area (Å²) in [7, 11) is 0. The van der Waals surface area contributed by atoms with Gasteiger partial charge in [0.05, 0.1) is 0 Å². The van der Waals surface area contributed by atoms with Gasteiger partial charge in [0.25, 0.3) is 0 Å². The summed E-state index contributed by atoms with van der Waals surface area (Å²) in [5, 5.41) is 7.26. The van der Waals surface area contributed by atoms with Crippen LogP contribution in [0.15, 0.2) is 4.99 Å². The lowest BCUT2D eigenvalue weighted by atomic mass is 9.82. The predicted octanol–water partition coefficient (Wildman–Crippen LogP) is 0.0270. The number of fused-ring (bicyclic) bond motifs is 3. The molecule has 0 aromatic heterocycles. The minimum absolute atomic E-state index is 0.729. The Hall–Kier alpha value is -0.410. The van der Waals surface area contributed by atoms with E-state index in [1.807, 2.05) is 0 Å². The van der Waals surface area contributed by atoms with Gasteiger partial charge in [-0.2, -0.15) is 0 Å². The highest BCUT2D eigenvalue weighted by Crippen LogP contribution is 2.33. The summed E-state index contributed by atoms with van der Waals surface area (Å²) < 4.78 is 0. The lowest BCUT2D eigenvalue weighted by Gasteiger charge is -2.29.